The summed E-state index contributed by atoms with van der Waals surface area (Å²) in [6.45, 7) is 2.49. The van der Waals surface area contributed by atoms with E-state index in [0.29, 0.717) is 24.3 Å². The highest BCUT2D eigenvalue weighted by Gasteiger charge is 2.15. The van der Waals surface area contributed by atoms with Crippen LogP contribution in [0.3, 0.4) is 0 Å². The number of benzene rings is 1. The summed E-state index contributed by atoms with van der Waals surface area (Å²) in [6, 6.07) is 9.94. The van der Waals surface area contributed by atoms with E-state index in [9.17, 15) is 4.79 Å². The zero-order chi connectivity index (χ0) is 16.2. The first-order valence-electron chi connectivity index (χ1n) is 7.10. The van der Waals surface area contributed by atoms with Gasteiger partial charge in [-0.05, 0) is 13.0 Å². The first-order chi connectivity index (χ1) is 11.2. The SMILES string of the molecule is Cc1nnc(SCC(=O)c2cn(CCC#N)c3ccccc23)s1. The molecule has 0 unspecified atom stereocenters. The van der Waals surface area contributed by atoms with Gasteiger partial charge in [0.15, 0.2) is 10.1 Å². The Morgan fingerprint density at radius 2 is 2.22 bits per heavy atom. The van der Waals surface area contributed by atoms with Gasteiger partial charge in [0, 0.05) is 29.2 Å². The molecule has 2 aromatic heterocycles. The highest BCUT2D eigenvalue weighted by atomic mass is 32.2. The number of carbonyl (C=O) groups is 1. The number of fused-ring (bicyclic) bond motifs is 1. The second kappa shape index (κ2) is 6.94. The fourth-order valence-electron chi connectivity index (χ4n) is 2.37. The molecular formula is C16H14N4OS2. The van der Waals surface area contributed by atoms with Crippen molar-refractivity contribution >= 4 is 39.8 Å². The van der Waals surface area contributed by atoms with Gasteiger partial charge in [0.05, 0.1) is 18.2 Å². The van der Waals surface area contributed by atoms with Gasteiger partial charge in [-0.2, -0.15) is 5.26 Å². The number of thioether (sulfide) groups is 1. The fraction of sp³-hybridized carbons (Fsp3) is 0.250. The van der Waals surface area contributed by atoms with E-state index in [1.165, 1.54) is 23.1 Å². The maximum absolute atomic E-state index is 12.6. The minimum Gasteiger partial charge on any atom is -0.346 e. The third-order valence-corrected chi connectivity index (χ3v) is 5.36. The molecule has 0 saturated heterocycles. The van der Waals surface area contributed by atoms with Crippen molar-refractivity contribution in [3.8, 4) is 6.07 Å². The van der Waals surface area contributed by atoms with Crippen LogP contribution in [0.1, 0.15) is 21.8 Å². The van der Waals surface area contributed by atoms with Crippen LogP contribution in [-0.2, 0) is 6.54 Å². The molecule has 2 heterocycles. The topological polar surface area (TPSA) is 71.6 Å². The minimum atomic E-state index is 0.0646. The van der Waals surface area contributed by atoms with E-state index in [-0.39, 0.29) is 5.78 Å². The van der Waals surface area contributed by atoms with Crippen LogP contribution in [0.5, 0.6) is 0 Å². The minimum absolute atomic E-state index is 0.0646. The van der Waals surface area contributed by atoms with Crippen molar-refractivity contribution in [1.29, 1.82) is 5.26 Å². The number of carbonyl (C=O) groups excluding carboxylic acids is 1. The fourth-order valence-corrected chi connectivity index (χ4v) is 4.07. The lowest BCUT2D eigenvalue weighted by molar-refractivity contribution is 0.102. The summed E-state index contributed by atoms with van der Waals surface area (Å²) in [4.78, 5) is 12.6. The summed E-state index contributed by atoms with van der Waals surface area (Å²) >= 11 is 2.91. The Kier molecular flexibility index (Phi) is 4.74. The molecule has 0 bridgehead atoms. The van der Waals surface area contributed by atoms with Crippen molar-refractivity contribution in [2.75, 3.05) is 5.75 Å². The third-order valence-electron chi connectivity index (χ3n) is 3.39. The lowest BCUT2D eigenvalue weighted by Crippen LogP contribution is -2.02. The molecule has 0 atom stereocenters. The van der Waals surface area contributed by atoms with Crippen molar-refractivity contribution in [3.05, 3.63) is 41.0 Å². The largest absolute Gasteiger partial charge is 0.346 e. The van der Waals surface area contributed by atoms with E-state index in [2.05, 4.69) is 16.3 Å². The summed E-state index contributed by atoms with van der Waals surface area (Å²) in [5.41, 5.74) is 1.69. The maximum atomic E-state index is 12.6. The molecule has 3 aromatic rings. The first-order valence-corrected chi connectivity index (χ1v) is 8.90. The summed E-state index contributed by atoms with van der Waals surface area (Å²) in [5, 5.41) is 18.6. The van der Waals surface area contributed by atoms with Crippen molar-refractivity contribution in [3.63, 3.8) is 0 Å². The van der Waals surface area contributed by atoms with Crippen LogP contribution >= 0.6 is 23.1 Å². The lowest BCUT2D eigenvalue weighted by atomic mass is 10.1. The van der Waals surface area contributed by atoms with Crippen LogP contribution in [0.2, 0.25) is 0 Å². The Morgan fingerprint density at radius 3 is 2.96 bits per heavy atom. The number of nitriles is 1. The van der Waals surface area contributed by atoms with Crippen molar-refractivity contribution in [1.82, 2.24) is 14.8 Å². The normalized spacial score (nSPS) is 10.8. The summed E-state index contributed by atoms with van der Waals surface area (Å²) < 4.78 is 2.79. The van der Waals surface area contributed by atoms with Gasteiger partial charge in [-0.15, -0.1) is 10.2 Å². The van der Waals surface area contributed by atoms with Gasteiger partial charge in [0.2, 0.25) is 0 Å². The number of Topliss-reactive ketones (excluding diaryl/α,β-unsaturated/α-hetero) is 1. The Balaban J connectivity index is 1.83. The van der Waals surface area contributed by atoms with Gasteiger partial charge < -0.3 is 4.57 Å². The van der Waals surface area contributed by atoms with Gasteiger partial charge in [-0.3, -0.25) is 4.79 Å². The predicted octanol–water partition coefficient (Wildman–Crippen LogP) is 3.69. The second-order valence-electron chi connectivity index (χ2n) is 4.96. The summed E-state index contributed by atoms with van der Waals surface area (Å²) in [6.07, 6.45) is 2.28. The summed E-state index contributed by atoms with van der Waals surface area (Å²) in [7, 11) is 0. The average Bonchev–Trinajstić information content (AvgIpc) is 3.14. The van der Waals surface area contributed by atoms with Crippen LogP contribution in [-0.4, -0.2) is 26.3 Å². The van der Waals surface area contributed by atoms with E-state index >= 15 is 0 Å². The Bertz CT molecular complexity index is 891. The molecule has 0 amide bonds. The van der Waals surface area contributed by atoms with Crippen LogP contribution in [0, 0.1) is 18.3 Å². The first kappa shape index (κ1) is 15.7. The smallest absolute Gasteiger partial charge is 0.175 e. The Morgan fingerprint density at radius 1 is 1.39 bits per heavy atom. The van der Waals surface area contributed by atoms with E-state index in [4.69, 9.17) is 5.26 Å². The molecule has 0 spiro atoms. The number of ketones is 1. The maximum Gasteiger partial charge on any atom is 0.175 e. The van der Waals surface area contributed by atoms with E-state index in [0.717, 1.165) is 20.3 Å². The molecule has 0 aliphatic carbocycles. The molecule has 116 valence electrons. The van der Waals surface area contributed by atoms with E-state index < -0.39 is 0 Å². The van der Waals surface area contributed by atoms with E-state index in [1.54, 1.807) is 0 Å². The van der Waals surface area contributed by atoms with Crippen LogP contribution in [0.25, 0.3) is 10.9 Å². The molecule has 23 heavy (non-hydrogen) atoms. The van der Waals surface area contributed by atoms with Gasteiger partial charge in [0.25, 0.3) is 0 Å². The van der Waals surface area contributed by atoms with Crippen LogP contribution < -0.4 is 0 Å². The van der Waals surface area contributed by atoms with Crippen molar-refractivity contribution < 1.29 is 4.79 Å². The Labute approximate surface area is 142 Å². The molecule has 0 saturated carbocycles. The third kappa shape index (κ3) is 3.44. The zero-order valence-electron chi connectivity index (χ0n) is 12.5. The molecular weight excluding hydrogens is 328 g/mol. The second-order valence-corrected chi connectivity index (χ2v) is 7.36. The predicted molar refractivity (Wildman–Crippen MR) is 91.9 cm³/mol. The molecule has 5 nitrogen and oxygen atoms in total. The molecule has 0 N–H and O–H groups in total. The van der Waals surface area contributed by atoms with Gasteiger partial charge in [0.1, 0.15) is 5.01 Å². The average molecular weight is 342 g/mol. The number of aromatic nitrogens is 3. The molecule has 3 rings (SSSR count). The number of hydrogen-bond donors (Lipinski definition) is 0. The number of hydrogen-bond acceptors (Lipinski definition) is 6. The van der Waals surface area contributed by atoms with E-state index in [1.807, 2.05) is 42.0 Å². The van der Waals surface area contributed by atoms with Crippen LogP contribution in [0.15, 0.2) is 34.8 Å². The number of rotatable bonds is 6. The molecule has 1 aromatic carbocycles. The highest BCUT2D eigenvalue weighted by molar-refractivity contribution is 8.01. The Hall–Kier alpha value is -2.17. The van der Waals surface area contributed by atoms with Crippen LogP contribution in [0.4, 0.5) is 0 Å². The molecule has 0 radical (unpaired) electrons. The monoisotopic (exact) mass is 342 g/mol. The van der Waals surface area contributed by atoms with Gasteiger partial charge in [-0.1, -0.05) is 41.3 Å². The van der Waals surface area contributed by atoms with Gasteiger partial charge >= 0.3 is 0 Å². The molecule has 0 aliphatic rings. The molecule has 0 aliphatic heterocycles. The standard InChI is InChI=1S/C16H14N4OS2/c1-11-18-19-16(23-11)22-10-15(21)13-9-20(8-4-7-17)14-6-3-2-5-12(13)14/h2-3,5-6,9H,4,8,10H2,1H3. The molecule has 0 fully saturated rings. The molecule has 7 heteroatoms. The van der Waals surface area contributed by atoms with Gasteiger partial charge in [-0.25, -0.2) is 0 Å². The van der Waals surface area contributed by atoms with Crippen molar-refractivity contribution in [2.45, 2.75) is 24.2 Å². The lowest BCUT2D eigenvalue weighted by Gasteiger charge is -2.00. The quantitative estimate of drug-likeness (QED) is 0.505. The summed E-state index contributed by atoms with van der Waals surface area (Å²) in [5.74, 6) is 0.399. The highest BCUT2D eigenvalue weighted by Crippen LogP contribution is 2.26. The van der Waals surface area contributed by atoms with Crippen molar-refractivity contribution in [2.24, 2.45) is 0 Å². The zero-order valence-corrected chi connectivity index (χ0v) is 14.2. The number of para-hydroxylation sites is 1. The number of aryl methyl sites for hydroxylation is 2. The number of nitrogens with zero attached hydrogens (tertiary/aromatic N) is 4.